The fraction of sp³-hybridized carbons (Fsp3) is 0.444. The predicted octanol–water partition coefficient (Wildman–Crippen LogP) is 1.18. The summed E-state index contributed by atoms with van der Waals surface area (Å²) in [5, 5.41) is 8.05. The van der Waals surface area contributed by atoms with E-state index in [1.807, 2.05) is 13.8 Å². The summed E-state index contributed by atoms with van der Waals surface area (Å²) in [6.07, 6.45) is 0.458. The molecule has 0 aliphatic heterocycles. The van der Waals surface area contributed by atoms with Crippen LogP contribution in [0.4, 0.5) is 0 Å². The Hall–Kier alpha value is -2.70. The van der Waals surface area contributed by atoms with E-state index in [-0.39, 0.29) is 23.8 Å². The maximum Gasteiger partial charge on any atom is 0.328 e. The standard InChI is InChI=1S/C18H23N3O4/c1-11(2)9-15(18(24)25-4)19-16(22)10-14-12-7-5-6-8-13(12)17(23)21(3)20-14/h5-8,11,15H,9-10H2,1-4H3,(H,19,22)/t15-/m1/s1. The van der Waals surface area contributed by atoms with Crippen LogP contribution in [0.15, 0.2) is 29.1 Å². The number of carbonyl (C=O) groups is 2. The number of aromatic nitrogens is 2. The van der Waals surface area contributed by atoms with E-state index in [1.165, 1.54) is 11.8 Å². The number of amides is 1. The Morgan fingerprint density at radius 3 is 2.48 bits per heavy atom. The van der Waals surface area contributed by atoms with E-state index in [4.69, 9.17) is 4.74 Å². The average Bonchev–Trinajstić information content (AvgIpc) is 2.57. The van der Waals surface area contributed by atoms with Crippen molar-refractivity contribution in [2.45, 2.75) is 32.7 Å². The van der Waals surface area contributed by atoms with Crippen molar-refractivity contribution in [1.29, 1.82) is 0 Å². The number of esters is 1. The fourth-order valence-corrected chi connectivity index (χ4v) is 2.73. The molecule has 1 aromatic heterocycles. The van der Waals surface area contributed by atoms with Gasteiger partial charge in [-0.15, -0.1) is 0 Å². The summed E-state index contributed by atoms with van der Waals surface area (Å²) >= 11 is 0. The molecule has 2 rings (SSSR count). The molecule has 0 radical (unpaired) electrons. The molecule has 1 amide bonds. The first-order valence-electron chi connectivity index (χ1n) is 8.15. The van der Waals surface area contributed by atoms with Gasteiger partial charge in [0, 0.05) is 12.4 Å². The topological polar surface area (TPSA) is 90.3 Å². The summed E-state index contributed by atoms with van der Waals surface area (Å²) in [4.78, 5) is 36.4. The molecule has 1 heterocycles. The van der Waals surface area contributed by atoms with E-state index < -0.39 is 12.0 Å². The number of ether oxygens (including phenoxy) is 1. The van der Waals surface area contributed by atoms with Crippen LogP contribution in [0.3, 0.4) is 0 Å². The number of benzene rings is 1. The van der Waals surface area contributed by atoms with E-state index in [9.17, 15) is 14.4 Å². The zero-order valence-corrected chi connectivity index (χ0v) is 14.9. The second kappa shape index (κ2) is 7.92. The number of hydrogen-bond donors (Lipinski definition) is 1. The van der Waals surface area contributed by atoms with Gasteiger partial charge in [0.25, 0.3) is 5.56 Å². The van der Waals surface area contributed by atoms with E-state index in [0.717, 1.165) is 0 Å². The molecule has 0 aliphatic rings. The van der Waals surface area contributed by atoms with Crippen molar-refractivity contribution < 1.29 is 14.3 Å². The van der Waals surface area contributed by atoms with Crippen LogP contribution in [0.5, 0.6) is 0 Å². The second-order valence-electron chi connectivity index (χ2n) is 6.37. The lowest BCUT2D eigenvalue weighted by molar-refractivity contribution is -0.145. The van der Waals surface area contributed by atoms with Crippen molar-refractivity contribution in [1.82, 2.24) is 15.1 Å². The molecule has 0 bridgehead atoms. The number of fused-ring (bicyclic) bond motifs is 1. The molecular weight excluding hydrogens is 322 g/mol. The smallest absolute Gasteiger partial charge is 0.328 e. The minimum Gasteiger partial charge on any atom is -0.467 e. The van der Waals surface area contributed by atoms with Gasteiger partial charge in [-0.1, -0.05) is 32.0 Å². The minimum absolute atomic E-state index is 0.0276. The molecule has 0 aliphatic carbocycles. The lowest BCUT2D eigenvalue weighted by atomic mass is 10.0. The van der Waals surface area contributed by atoms with Crippen molar-refractivity contribution in [3.8, 4) is 0 Å². The van der Waals surface area contributed by atoms with Gasteiger partial charge in [0.15, 0.2) is 0 Å². The first kappa shape index (κ1) is 18.6. The third-order valence-corrected chi connectivity index (χ3v) is 3.89. The molecule has 0 spiro atoms. The average molecular weight is 345 g/mol. The summed E-state index contributed by atoms with van der Waals surface area (Å²) in [6, 6.07) is 6.33. The number of aryl methyl sites for hydroxylation is 1. The van der Waals surface area contributed by atoms with Crippen molar-refractivity contribution in [3.63, 3.8) is 0 Å². The number of rotatable bonds is 6. The van der Waals surface area contributed by atoms with E-state index in [2.05, 4.69) is 10.4 Å². The lowest BCUT2D eigenvalue weighted by Crippen LogP contribution is -2.43. The number of hydrogen-bond acceptors (Lipinski definition) is 5. The Morgan fingerprint density at radius 2 is 1.88 bits per heavy atom. The third kappa shape index (κ3) is 4.43. The van der Waals surface area contributed by atoms with Crippen molar-refractivity contribution in [2.24, 2.45) is 13.0 Å². The van der Waals surface area contributed by atoms with Crippen molar-refractivity contribution in [3.05, 3.63) is 40.3 Å². The largest absolute Gasteiger partial charge is 0.467 e. The summed E-state index contributed by atoms with van der Waals surface area (Å²) in [5.41, 5.74) is 0.273. The normalized spacial score (nSPS) is 12.2. The van der Waals surface area contributed by atoms with Gasteiger partial charge in [0.1, 0.15) is 6.04 Å². The first-order valence-corrected chi connectivity index (χ1v) is 8.15. The van der Waals surface area contributed by atoms with Gasteiger partial charge in [-0.3, -0.25) is 9.59 Å². The molecule has 0 saturated carbocycles. The van der Waals surface area contributed by atoms with Gasteiger partial charge >= 0.3 is 5.97 Å². The highest BCUT2D eigenvalue weighted by Crippen LogP contribution is 2.14. The fourth-order valence-electron chi connectivity index (χ4n) is 2.73. The maximum atomic E-state index is 12.4. The molecule has 7 nitrogen and oxygen atoms in total. The summed E-state index contributed by atoms with van der Waals surface area (Å²) in [6.45, 7) is 3.92. The highest BCUT2D eigenvalue weighted by atomic mass is 16.5. The van der Waals surface area contributed by atoms with Crippen molar-refractivity contribution in [2.75, 3.05) is 7.11 Å². The number of carbonyl (C=O) groups excluding carboxylic acids is 2. The van der Waals surface area contributed by atoms with Crippen LogP contribution in [0.2, 0.25) is 0 Å². The molecule has 2 aromatic rings. The third-order valence-electron chi connectivity index (χ3n) is 3.89. The molecule has 1 aromatic carbocycles. The summed E-state index contributed by atoms with van der Waals surface area (Å²) in [5.74, 6) is -0.589. The van der Waals surface area contributed by atoms with Crippen LogP contribution in [0.25, 0.3) is 10.8 Å². The molecule has 0 saturated heterocycles. The van der Waals surface area contributed by atoms with Crippen LogP contribution in [0.1, 0.15) is 26.0 Å². The molecule has 7 heteroatoms. The Bertz CT molecular complexity index is 842. The van der Waals surface area contributed by atoms with Gasteiger partial charge in [-0.2, -0.15) is 5.10 Å². The monoisotopic (exact) mass is 345 g/mol. The zero-order chi connectivity index (χ0) is 18.6. The van der Waals surface area contributed by atoms with E-state index in [0.29, 0.717) is 22.9 Å². The second-order valence-corrected chi connectivity index (χ2v) is 6.37. The highest BCUT2D eigenvalue weighted by Gasteiger charge is 2.23. The molecule has 1 atom stereocenters. The van der Waals surface area contributed by atoms with Gasteiger partial charge in [0.05, 0.1) is 24.6 Å². The molecule has 1 N–H and O–H groups in total. The van der Waals surface area contributed by atoms with Gasteiger partial charge in [0.2, 0.25) is 5.91 Å². The Labute approximate surface area is 146 Å². The van der Waals surface area contributed by atoms with E-state index >= 15 is 0 Å². The van der Waals surface area contributed by atoms with Crippen LogP contribution in [-0.4, -0.2) is 34.8 Å². The number of methoxy groups -OCH3 is 1. The quantitative estimate of drug-likeness (QED) is 0.794. The lowest BCUT2D eigenvalue weighted by Gasteiger charge is -2.18. The van der Waals surface area contributed by atoms with Crippen LogP contribution >= 0.6 is 0 Å². The molecule has 0 unspecified atom stereocenters. The SMILES string of the molecule is COC(=O)[C@@H](CC(C)C)NC(=O)Cc1nn(C)c(=O)c2ccccc12. The first-order chi connectivity index (χ1) is 11.8. The molecule has 0 fully saturated rings. The minimum atomic E-state index is -0.698. The molecule has 25 heavy (non-hydrogen) atoms. The van der Waals surface area contributed by atoms with Gasteiger partial charge in [-0.25, -0.2) is 9.48 Å². The van der Waals surface area contributed by atoms with Crippen LogP contribution in [-0.2, 0) is 27.8 Å². The highest BCUT2D eigenvalue weighted by molar-refractivity contribution is 5.90. The molecular formula is C18H23N3O4. The van der Waals surface area contributed by atoms with E-state index in [1.54, 1.807) is 31.3 Å². The Kier molecular flexibility index (Phi) is 5.90. The van der Waals surface area contributed by atoms with Crippen molar-refractivity contribution >= 4 is 22.6 Å². The Morgan fingerprint density at radius 1 is 1.24 bits per heavy atom. The van der Waals surface area contributed by atoms with Gasteiger partial charge in [-0.05, 0) is 18.4 Å². The summed E-state index contributed by atoms with van der Waals surface area (Å²) in [7, 11) is 2.84. The molecule has 134 valence electrons. The number of nitrogens with zero attached hydrogens (tertiary/aromatic N) is 2. The summed E-state index contributed by atoms with van der Waals surface area (Å²) < 4.78 is 5.97. The maximum absolute atomic E-state index is 12.4. The van der Waals surface area contributed by atoms with Crippen LogP contribution in [0, 0.1) is 5.92 Å². The van der Waals surface area contributed by atoms with Gasteiger partial charge < -0.3 is 10.1 Å². The predicted molar refractivity (Wildman–Crippen MR) is 94.1 cm³/mol. The zero-order valence-electron chi connectivity index (χ0n) is 14.9. The number of nitrogens with one attached hydrogen (secondary N) is 1. The van der Waals surface area contributed by atoms with Crippen LogP contribution < -0.4 is 10.9 Å². The Balaban J connectivity index is 2.25.